The third-order valence-electron chi connectivity index (χ3n) is 6.55. The summed E-state index contributed by atoms with van der Waals surface area (Å²) in [5.74, 6) is 2.85. The highest BCUT2D eigenvalue weighted by Crippen LogP contribution is 2.69. The second kappa shape index (κ2) is 2.82. The first-order valence-corrected chi connectivity index (χ1v) is 7.59. The highest BCUT2D eigenvalue weighted by Gasteiger charge is 2.78. The van der Waals surface area contributed by atoms with Crippen molar-refractivity contribution in [3.8, 4) is 0 Å². The average Bonchev–Trinajstić information content (AvgIpc) is 2.91. The molecule has 5 fully saturated rings. The van der Waals surface area contributed by atoms with Crippen molar-refractivity contribution in [1.29, 1.82) is 0 Å². The average molecular weight is 249 g/mol. The Hall–Kier alpha value is -0.120. The lowest BCUT2D eigenvalue weighted by atomic mass is 9.55. The quantitative estimate of drug-likeness (QED) is 0.650. The standard InChI is InChI=1S/C15H23NO2/c1-8-4-14-6-16(3)7-15-5-9(2)12(18-15)10(13(14)15)11(8)17-14/h8-13H,4-7H2,1-3H3. The van der Waals surface area contributed by atoms with Crippen LogP contribution in [0, 0.1) is 23.7 Å². The van der Waals surface area contributed by atoms with E-state index in [1.165, 1.54) is 12.8 Å². The molecule has 0 amide bonds. The van der Waals surface area contributed by atoms with Crippen LogP contribution in [0.5, 0.6) is 0 Å². The first kappa shape index (κ1) is 10.6. The van der Waals surface area contributed by atoms with Crippen LogP contribution >= 0.6 is 0 Å². The van der Waals surface area contributed by atoms with E-state index in [9.17, 15) is 0 Å². The van der Waals surface area contributed by atoms with E-state index in [-0.39, 0.29) is 11.2 Å². The van der Waals surface area contributed by atoms with Crippen LogP contribution in [-0.4, -0.2) is 48.4 Å². The third kappa shape index (κ3) is 0.918. The minimum Gasteiger partial charge on any atom is -0.369 e. The molecular formula is C15H23NO2. The molecule has 0 radical (unpaired) electrons. The molecule has 6 unspecified atom stereocenters. The maximum absolute atomic E-state index is 6.58. The molecule has 18 heavy (non-hydrogen) atoms. The van der Waals surface area contributed by atoms with Gasteiger partial charge in [0.2, 0.25) is 0 Å². The highest BCUT2D eigenvalue weighted by atomic mass is 16.6. The Kier molecular flexibility index (Phi) is 1.66. The molecule has 0 N–H and O–H groups in total. The molecule has 4 bridgehead atoms. The molecule has 0 aromatic carbocycles. The molecule has 5 aliphatic heterocycles. The van der Waals surface area contributed by atoms with Gasteiger partial charge in [0.05, 0.1) is 23.4 Å². The molecule has 0 aliphatic carbocycles. The minimum absolute atomic E-state index is 0.136. The van der Waals surface area contributed by atoms with Crippen molar-refractivity contribution in [2.75, 3.05) is 20.1 Å². The number of hydrogen-bond acceptors (Lipinski definition) is 3. The molecule has 6 atom stereocenters. The van der Waals surface area contributed by atoms with Gasteiger partial charge in [-0.3, -0.25) is 0 Å². The number of nitrogens with zero attached hydrogens (tertiary/aromatic N) is 1. The molecule has 5 saturated heterocycles. The predicted octanol–water partition coefficient (Wildman–Crippen LogP) is 1.52. The molecule has 3 heteroatoms. The van der Waals surface area contributed by atoms with E-state index in [4.69, 9.17) is 9.47 Å². The zero-order valence-corrected chi connectivity index (χ0v) is 11.6. The van der Waals surface area contributed by atoms with Crippen LogP contribution in [0.3, 0.4) is 0 Å². The van der Waals surface area contributed by atoms with E-state index in [2.05, 4.69) is 25.8 Å². The summed E-state index contributed by atoms with van der Waals surface area (Å²) in [6, 6.07) is 0. The molecule has 0 aromatic heterocycles. The monoisotopic (exact) mass is 249 g/mol. The van der Waals surface area contributed by atoms with Crippen molar-refractivity contribution >= 4 is 0 Å². The number of hydrogen-bond donors (Lipinski definition) is 0. The minimum atomic E-state index is 0.136. The van der Waals surface area contributed by atoms with Crippen LogP contribution < -0.4 is 0 Å². The van der Waals surface area contributed by atoms with E-state index in [1.807, 2.05) is 0 Å². The largest absolute Gasteiger partial charge is 0.369 e. The lowest BCUT2D eigenvalue weighted by molar-refractivity contribution is -0.145. The first-order chi connectivity index (χ1) is 8.55. The van der Waals surface area contributed by atoms with E-state index in [1.54, 1.807) is 0 Å². The number of rotatable bonds is 0. The van der Waals surface area contributed by atoms with Gasteiger partial charge in [-0.05, 0) is 31.7 Å². The molecule has 0 aromatic rings. The van der Waals surface area contributed by atoms with Crippen LogP contribution in [0.2, 0.25) is 0 Å². The Bertz CT molecular complexity index is 391. The number of likely N-dealkylation sites (tertiary alicyclic amines) is 1. The molecule has 0 saturated carbocycles. The second-order valence-electron chi connectivity index (χ2n) is 7.88. The van der Waals surface area contributed by atoms with Crippen molar-refractivity contribution in [3.63, 3.8) is 0 Å². The normalized spacial score (nSPS) is 68.8. The third-order valence-corrected chi connectivity index (χ3v) is 6.55. The lowest BCUT2D eigenvalue weighted by Crippen LogP contribution is -2.64. The van der Waals surface area contributed by atoms with Crippen molar-refractivity contribution in [1.82, 2.24) is 4.90 Å². The van der Waals surface area contributed by atoms with Crippen LogP contribution in [0.25, 0.3) is 0 Å². The fourth-order valence-electron chi connectivity index (χ4n) is 6.63. The summed E-state index contributed by atoms with van der Waals surface area (Å²) < 4.78 is 13.2. The summed E-state index contributed by atoms with van der Waals surface area (Å²) in [5, 5.41) is 0. The summed E-state index contributed by atoms with van der Waals surface area (Å²) in [4.78, 5) is 2.47. The fourth-order valence-corrected chi connectivity index (χ4v) is 6.63. The maximum atomic E-state index is 6.58. The number of piperidine rings is 1. The lowest BCUT2D eigenvalue weighted by Gasteiger charge is -2.52. The van der Waals surface area contributed by atoms with Crippen LogP contribution in [-0.2, 0) is 9.47 Å². The topological polar surface area (TPSA) is 21.7 Å². The van der Waals surface area contributed by atoms with Crippen LogP contribution in [0.15, 0.2) is 0 Å². The summed E-state index contributed by atoms with van der Waals surface area (Å²) >= 11 is 0. The summed E-state index contributed by atoms with van der Waals surface area (Å²) in [7, 11) is 2.24. The van der Waals surface area contributed by atoms with Gasteiger partial charge in [-0.15, -0.1) is 0 Å². The van der Waals surface area contributed by atoms with Gasteiger partial charge < -0.3 is 14.4 Å². The predicted molar refractivity (Wildman–Crippen MR) is 67.2 cm³/mol. The summed E-state index contributed by atoms with van der Waals surface area (Å²) in [6.45, 7) is 7.02. The van der Waals surface area contributed by atoms with E-state index in [0.29, 0.717) is 24.0 Å². The molecule has 2 spiro atoms. The number of likely N-dealkylation sites (N-methyl/N-ethyl adjacent to an activating group) is 1. The second-order valence-corrected chi connectivity index (χ2v) is 7.88. The van der Waals surface area contributed by atoms with Gasteiger partial charge in [0.25, 0.3) is 0 Å². The van der Waals surface area contributed by atoms with Gasteiger partial charge in [-0.1, -0.05) is 13.8 Å². The maximum Gasteiger partial charge on any atom is 0.0876 e. The molecule has 3 nitrogen and oxygen atoms in total. The van der Waals surface area contributed by atoms with Gasteiger partial charge in [0.15, 0.2) is 0 Å². The van der Waals surface area contributed by atoms with Crippen LogP contribution in [0.4, 0.5) is 0 Å². The van der Waals surface area contributed by atoms with E-state index >= 15 is 0 Å². The molecule has 5 heterocycles. The Morgan fingerprint density at radius 1 is 0.944 bits per heavy atom. The van der Waals surface area contributed by atoms with Crippen molar-refractivity contribution in [2.24, 2.45) is 23.7 Å². The Morgan fingerprint density at radius 2 is 1.44 bits per heavy atom. The zero-order chi connectivity index (χ0) is 12.3. The zero-order valence-electron chi connectivity index (χ0n) is 11.6. The molecule has 100 valence electrons. The van der Waals surface area contributed by atoms with E-state index in [0.717, 1.165) is 24.9 Å². The SMILES string of the molecule is CC1CC23CN(C)CC45CC(C)C(O4)C(C1O2)C35. The van der Waals surface area contributed by atoms with E-state index < -0.39 is 0 Å². The Labute approximate surface area is 109 Å². The van der Waals surface area contributed by atoms with Crippen molar-refractivity contribution in [2.45, 2.75) is 50.1 Å². The van der Waals surface area contributed by atoms with Crippen LogP contribution in [0.1, 0.15) is 26.7 Å². The van der Waals surface area contributed by atoms with Gasteiger partial charge in [-0.2, -0.15) is 0 Å². The van der Waals surface area contributed by atoms with Gasteiger partial charge >= 0.3 is 0 Å². The van der Waals surface area contributed by atoms with Gasteiger partial charge in [0, 0.05) is 24.9 Å². The number of ether oxygens (including phenoxy) is 2. The molecular weight excluding hydrogens is 226 g/mol. The van der Waals surface area contributed by atoms with Gasteiger partial charge in [0.1, 0.15) is 0 Å². The van der Waals surface area contributed by atoms with Gasteiger partial charge in [-0.25, -0.2) is 0 Å². The first-order valence-electron chi connectivity index (χ1n) is 7.59. The smallest absolute Gasteiger partial charge is 0.0876 e. The molecule has 5 aliphatic rings. The fraction of sp³-hybridized carbons (Fsp3) is 1.00. The summed E-state index contributed by atoms with van der Waals surface area (Å²) in [6.07, 6.45) is 3.48. The molecule has 5 rings (SSSR count). The Morgan fingerprint density at radius 3 is 1.94 bits per heavy atom. The Balaban J connectivity index is 1.68. The van der Waals surface area contributed by atoms with Crippen molar-refractivity contribution < 1.29 is 9.47 Å². The highest BCUT2D eigenvalue weighted by molar-refractivity contribution is 5.26. The van der Waals surface area contributed by atoms with Crippen molar-refractivity contribution in [3.05, 3.63) is 0 Å². The number of fused-ring (bicyclic) bond motifs is 4. The summed E-state index contributed by atoms with van der Waals surface area (Å²) in [5.41, 5.74) is 0.271.